The van der Waals surface area contributed by atoms with Gasteiger partial charge < -0.3 is 14.8 Å². The first-order valence-electron chi connectivity index (χ1n) is 7.40. The molecular weight excluding hydrogens is 298 g/mol. The van der Waals surface area contributed by atoms with Gasteiger partial charge in [0.15, 0.2) is 0 Å². The lowest BCUT2D eigenvalue weighted by molar-refractivity contribution is -0.129. The van der Waals surface area contributed by atoms with E-state index in [2.05, 4.69) is 10.1 Å². The number of carbonyl (C=O) groups excluding carboxylic acids is 3. The van der Waals surface area contributed by atoms with E-state index in [1.807, 2.05) is 30.3 Å². The number of rotatable bonds is 4. The molecule has 0 aliphatic heterocycles. The number of hydrogen-bond donors (Lipinski definition) is 1. The number of benzene rings is 1. The predicted octanol–water partition coefficient (Wildman–Crippen LogP) is 2.60. The molecule has 0 radical (unpaired) electrons. The smallest absolute Gasteiger partial charge is 0.407 e. The molecule has 0 saturated heterocycles. The van der Waals surface area contributed by atoms with Crippen LogP contribution in [0.5, 0.6) is 0 Å². The Bertz CT molecular complexity index is 514. The summed E-state index contributed by atoms with van der Waals surface area (Å²) in [5.41, 5.74) is 0.535. The SMILES string of the molecule is CC(C)(C)OC(=O)NC1CC(=O)C1.O=COCc1ccccc1. The molecule has 0 atom stereocenters. The van der Waals surface area contributed by atoms with E-state index in [0.29, 0.717) is 25.9 Å². The topological polar surface area (TPSA) is 81.7 Å². The summed E-state index contributed by atoms with van der Waals surface area (Å²) in [5.74, 6) is 0.195. The maximum absolute atomic E-state index is 11.1. The molecule has 2 rings (SSSR count). The van der Waals surface area contributed by atoms with E-state index >= 15 is 0 Å². The molecule has 6 heteroatoms. The largest absolute Gasteiger partial charge is 0.463 e. The highest BCUT2D eigenvalue weighted by Gasteiger charge is 2.29. The molecule has 1 N–H and O–H groups in total. The van der Waals surface area contributed by atoms with Gasteiger partial charge in [-0.3, -0.25) is 9.59 Å². The van der Waals surface area contributed by atoms with Gasteiger partial charge in [0.2, 0.25) is 0 Å². The van der Waals surface area contributed by atoms with Crippen molar-refractivity contribution in [2.45, 2.75) is 51.9 Å². The van der Waals surface area contributed by atoms with Crippen LogP contribution in [0.1, 0.15) is 39.2 Å². The van der Waals surface area contributed by atoms with Crippen molar-refractivity contribution in [2.24, 2.45) is 0 Å². The Morgan fingerprint density at radius 2 is 1.87 bits per heavy atom. The van der Waals surface area contributed by atoms with Crippen molar-refractivity contribution in [3.63, 3.8) is 0 Å². The van der Waals surface area contributed by atoms with Crippen LogP contribution in [0.4, 0.5) is 4.79 Å². The van der Waals surface area contributed by atoms with E-state index in [1.54, 1.807) is 20.8 Å². The minimum Gasteiger partial charge on any atom is -0.463 e. The van der Waals surface area contributed by atoms with Crippen molar-refractivity contribution in [1.29, 1.82) is 0 Å². The number of ether oxygens (including phenoxy) is 2. The number of hydrogen-bond acceptors (Lipinski definition) is 5. The number of carbonyl (C=O) groups is 3. The van der Waals surface area contributed by atoms with Crippen molar-refractivity contribution >= 4 is 18.3 Å². The molecule has 1 saturated carbocycles. The molecule has 1 aliphatic rings. The Morgan fingerprint density at radius 1 is 1.26 bits per heavy atom. The predicted molar refractivity (Wildman–Crippen MR) is 84.7 cm³/mol. The monoisotopic (exact) mass is 321 g/mol. The first kappa shape index (κ1) is 18.7. The van der Waals surface area contributed by atoms with Gasteiger partial charge in [-0.1, -0.05) is 30.3 Å². The fourth-order valence-electron chi connectivity index (χ4n) is 1.77. The fraction of sp³-hybridized carbons (Fsp3) is 0.471. The maximum atomic E-state index is 11.1. The molecule has 1 aliphatic carbocycles. The van der Waals surface area contributed by atoms with Crippen LogP contribution in [-0.2, 0) is 25.7 Å². The van der Waals surface area contributed by atoms with E-state index < -0.39 is 11.7 Å². The van der Waals surface area contributed by atoms with E-state index in [0.717, 1.165) is 5.56 Å². The van der Waals surface area contributed by atoms with Crippen molar-refractivity contribution in [1.82, 2.24) is 5.32 Å². The molecule has 1 aromatic carbocycles. The van der Waals surface area contributed by atoms with Crippen LogP contribution >= 0.6 is 0 Å². The lowest BCUT2D eigenvalue weighted by Crippen LogP contribution is -2.46. The zero-order chi connectivity index (χ0) is 17.3. The summed E-state index contributed by atoms with van der Waals surface area (Å²) in [5, 5.41) is 2.62. The number of amides is 1. The van der Waals surface area contributed by atoms with Gasteiger partial charge >= 0.3 is 6.09 Å². The van der Waals surface area contributed by atoms with Crippen LogP contribution in [-0.4, -0.2) is 30.0 Å². The molecule has 0 aromatic heterocycles. The molecule has 0 bridgehead atoms. The molecule has 0 heterocycles. The Kier molecular flexibility index (Phi) is 7.25. The maximum Gasteiger partial charge on any atom is 0.407 e. The van der Waals surface area contributed by atoms with Gasteiger partial charge in [0, 0.05) is 18.9 Å². The molecular formula is C17H23NO5. The van der Waals surface area contributed by atoms with Crippen LogP contribution in [0.15, 0.2) is 30.3 Å². The normalized spacial score (nSPS) is 14.0. The average Bonchev–Trinajstić information content (AvgIpc) is 2.43. The number of ketones is 1. The minimum absolute atomic E-state index is 0.0117. The van der Waals surface area contributed by atoms with Gasteiger partial charge in [0.05, 0.1) is 0 Å². The Morgan fingerprint density at radius 3 is 2.35 bits per heavy atom. The summed E-state index contributed by atoms with van der Waals surface area (Å²) in [6, 6.07) is 9.53. The van der Waals surface area contributed by atoms with Crippen LogP contribution in [0.2, 0.25) is 0 Å². The standard InChI is InChI=1S/C9H15NO3.C8H8O2/c1-9(2,3)13-8(12)10-6-4-7(11)5-6;9-7-10-6-8-4-2-1-3-5-8/h6H,4-5H2,1-3H3,(H,10,12);1-5,7H,6H2. The molecule has 1 aromatic rings. The van der Waals surface area contributed by atoms with Crippen LogP contribution < -0.4 is 5.32 Å². The highest BCUT2D eigenvalue weighted by molar-refractivity contribution is 5.87. The van der Waals surface area contributed by atoms with E-state index in [9.17, 15) is 14.4 Å². The number of nitrogens with one attached hydrogen (secondary N) is 1. The minimum atomic E-state index is -0.474. The summed E-state index contributed by atoms with van der Waals surface area (Å²) in [4.78, 5) is 31.5. The van der Waals surface area contributed by atoms with Crippen LogP contribution in [0, 0.1) is 0 Å². The second kappa shape index (κ2) is 8.92. The van der Waals surface area contributed by atoms with Crippen LogP contribution in [0.25, 0.3) is 0 Å². The average molecular weight is 321 g/mol. The molecule has 0 spiro atoms. The van der Waals surface area contributed by atoms with Gasteiger partial charge in [-0.2, -0.15) is 0 Å². The molecule has 6 nitrogen and oxygen atoms in total. The van der Waals surface area contributed by atoms with Crippen molar-refractivity contribution < 1.29 is 23.9 Å². The Balaban J connectivity index is 0.000000238. The first-order valence-corrected chi connectivity index (χ1v) is 7.40. The summed E-state index contributed by atoms with van der Waals surface area (Å²) in [6.07, 6.45) is 0.448. The summed E-state index contributed by atoms with van der Waals surface area (Å²) in [7, 11) is 0. The highest BCUT2D eigenvalue weighted by Crippen LogP contribution is 2.15. The summed E-state index contributed by atoms with van der Waals surface area (Å²) >= 11 is 0. The lowest BCUT2D eigenvalue weighted by Gasteiger charge is -2.27. The molecule has 23 heavy (non-hydrogen) atoms. The van der Waals surface area contributed by atoms with Gasteiger partial charge in [0.25, 0.3) is 6.47 Å². The molecule has 1 amide bonds. The highest BCUT2D eigenvalue weighted by atomic mass is 16.6. The third kappa shape index (κ3) is 8.60. The van der Waals surface area contributed by atoms with E-state index in [1.165, 1.54) is 0 Å². The van der Waals surface area contributed by atoms with E-state index in [4.69, 9.17) is 4.74 Å². The summed E-state index contributed by atoms with van der Waals surface area (Å²) < 4.78 is 9.56. The van der Waals surface area contributed by atoms with Gasteiger partial charge in [0.1, 0.15) is 18.0 Å². The van der Waals surface area contributed by atoms with Crippen molar-refractivity contribution in [3.05, 3.63) is 35.9 Å². The Hall–Kier alpha value is -2.37. The lowest BCUT2D eigenvalue weighted by atomic mass is 9.92. The van der Waals surface area contributed by atoms with Crippen molar-refractivity contribution in [3.8, 4) is 0 Å². The molecule has 1 fully saturated rings. The summed E-state index contributed by atoms with van der Waals surface area (Å²) in [6.45, 7) is 6.23. The van der Waals surface area contributed by atoms with Gasteiger partial charge in [-0.25, -0.2) is 4.79 Å². The first-order chi connectivity index (χ1) is 10.8. The number of Topliss-reactive ketones (excluding diaryl/α,β-unsaturated/α-hetero) is 1. The second-order valence-electron chi connectivity index (χ2n) is 6.18. The Labute approximate surface area is 136 Å². The van der Waals surface area contributed by atoms with Gasteiger partial charge in [-0.05, 0) is 26.3 Å². The second-order valence-corrected chi connectivity index (χ2v) is 6.18. The van der Waals surface area contributed by atoms with Crippen molar-refractivity contribution in [2.75, 3.05) is 0 Å². The molecule has 126 valence electrons. The number of alkyl carbamates (subject to hydrolysis) is 1. The van der Waals surface area contributed by atoms with E-state index in [-0.39, 0.29) is 11.8 Å². The zero-order valence-electron chi connectivity index (χ0n) is 13.7. The van der Waals surface area contributed by atoms with Gasteiger partial charge in [-0.15, -0.1) is 0 Å². The molecule has 0 unspecified atom stereocenters. The third-order valence-corrected chi connectivity index (χ3v) is 2.83. The quantitative estimate of drug-likeness (QED) is 0.862. The fourth-order valence-corrected chi connectivity index (χ4v) is 1.77. The third-order valence-electron chi connectivity index (χ3n) is 2.83. The zero-order valence-corrected chi connectivity index (χ0v) is 13.7. The van der Waals surface area contributed by atoms with Crippen LogP contribution in [0.3, 0.4) is 0 Å².